The van der Waals surface area contributed by atoms with Gasteiger partial charge in [-0.15, -0.1) is 0 Å². The smallest absolute Gasteiger partial charge is 0.393 e. The van der Waals surface area contributed by atoms with Gasteiger partial charge >= 0.3 is 12.2 Å². The number of alkyl halides is 3. The van der Waals surface area contributed by atoms with Crippen molar-refractivity contribution >= 4 is 11.7 Å². The van der Waals surface area contributed by atoms with Crippen LogP contribution >= 0.6 is 0 Å². The largest absolute Gasteiger partial charge is 0.408 e. The topological polar surface area (TPSA) is 79.2 Å². The molecular formula is C13H21F3N4O2. The monoisotopic (exact) mass is 322 g/mol. The number of aliphatic hydroxyl groups is 1. The Morgan fingerprint density at radius 3 is 2.64 bits per heavy atom. The van der Waals surface area contributed by atoms with Crippen LogP contribution in [0, 0.1) is 5.41 Å². The zero-order chi connectivity index (χ0) is 17.0. The van der Waals surface area contributed by atoms with Crippen molar-refractivity contribution in [2.45, 2.75) is 46.0 Å². The van der Waals surface area contributed by atoms with E-state index in [9.17, 15) is 23.1 Å². The fraction of sp³-hybridized carbons (Fsp3) is 0.692. The third-order valence-electron chi connectivity index (χ3n) is 2.81. The predicted molar refractivity (Wildman–Crippen MR) is 75.4 cm³/mol. The average molecular weight is 322 g/mol. The fourth-order valence-electron chi connectivity index (χ4n) is 2.07. The lowest BCUT2D eigenvalue weighted by Crippen LogP contribution is -2.38. The highest BCUT2D eigenvalue weighted by Gasteiger charge is 2.28. The lowest BCUT2D eigenvalue weighted by atomic mass is 9.87. The van der Waals surface area contributed by atoms with Gasteiger partial charge in [0.05, 0.1) is 18.0 Å². The Kier molecular flexibility index (Phi) is 5.81. The SMILES string of the molecule is C[C@H](O)CC(C)(C)CNC(=O)Nc1cnn(CC(F)(F)F)c1. The summed E-state index contributed by atoms with van der Waals surface area (Å²) in [5, 5.41) is 17.9. The number of rotatable bonds is 6. The molecule has 1 heterocycles. The number of nitrogens with one attached hydrogen (secondary N) is 2. The maximum absolute atomic E-state index is 12.2. The van der Waals surface area contributed by atoms with E-state index < -0.39 is 24.9 Å². The molecule has 0 unspecified atom stereocenters. The van der Waals surface area contributed by atoms with E-state index in [2.05, 4.69) is 15.7 Å². The van der Waals surface area contributed by atoms with Gasteiger partial charge in [-0.25, -0.2) is 4.79 Å². The molecular weight excluding hydrogens is 301 g/mol. The van der Waals surface area contributed by atoms with E-state index in [0.29, 0.717) is 17.6 Å². The molecule has 0 aliphatic heterocycles. The standard InChI is InChI=1S/C13H21F3N4O2/c1-9(21)4-12(2,3)7-17-11(22)19-10-5-18-20(6-10)8-13(14,15)16/h5-6,9,21H,4,7-8H2,1-3H3,(H2,17,19,22)/t9-/m0/s1. The number of amides is 2. The number of carbonyl (C=O) groups is 1. The van der Waals surface area contributed by atoms with Crippen LogP contribution in [0.3, 0.4) is 0 Å². The van der Waals surface area contributed by atoms with Gasteiger partial charge in [-0.05, 0) is 18.8 Å². The molecule has 0 saturated heterocycles. The number of hydrogen-bond donors (Lipinski definition) is 3. The Morgan fingerprint density at radius 1 is 1.45 bits per heavy atom. The molecule has 0 aliphatic rings. The van der Waals surface area contributed by atoms with Crippen molar-refractivity contribution < 1.29 is 23.1 Å². The summed E-state index contributed by atoms with van der Waals surface area (Å²) in [6.07, 6.45) is -2.09. The predicted octanol–water partition coefficient (Wildman–Crippen LogP) is 2.36. The number of halogens is 3. The molecule has 3 N–H and O–H groups in total. The number of aromatic nitrogens is 2. The molecule has 6 nitrogen and oxygen atoms in total. The summed E-state index contributed by atoms with van der Waals surface area (Å²) in [5.74, 6) is 0. The molecule has 0 aliphatic carbocycles. The highest BCUT2D eigenvalue weighted by molar-refractivity contribution is 5.88. The lowest BCUT2D eigenvalue weighted by Gasteiger charge is -2.26. The van der Waals surface area contributed by atoms with Crippen LogP contribution in [0.4, 0.5) is 23.7 Å². The molecule has 2 amide bonds. The zero-order valence-corrected chi connectivity index (χ0v) is 12.7. The van der Waals surface area contributed by atoms with Crippen LogP contribution in [0.2, 0.25) is 0 Å². The summed E-state index contributed by atoms with van der Waals surface area (Å²) < 4.78 is 37.3. The second-order valence-corrected chi connectivity index (χ2v) is 6.07. The summed E-state index contributed by atoms with van der Waals surface area (Å²) >= 11 is 0. The molecule has 1 rings (SSSR count). The fourth-order valence-corrected chi connectivity index (χ4v) is 2.07. The first-order chi connectivity index (χ1) is 9.97. The number of nitrogens with zero attached hydrogens (tertiary/aromatic N) is 2. The van der Waals surface area contributed by atoms with Gasteiger partial charge in [-0.3, -0.25) is 4.68 Å². The van der Waals surface area contributed by atoms with Gasteiger partial charge in [0.25, 0.3) is 0 Å². The highest BCUT2D eigenvalue weighted by atomic mass is 19.4. The van der Waals surface area contributed by atoms with Crippen molar-refractivity contribution in [2.75, 3.05) is 11.9 Å². The first kappa shape index (κ1) is 18.3. The van der Waals surface area contributed by atoms with Crippen LogP contribution < -0.4 is 10.6 Å². The van der Waals surface area contributed by atoms with Gasteiger partial charge < -0.3 is 15.7 Å². The van der Waals surface area contributed by atoms with E-state index in [4.69, 9.17) is 0 Å². The van der Waals surface area contributed by atoms with Gasteiger partial charge in [0.2, 0.25) is 0 Å². The number of hydrogen-bond acceptors (Lipinski definition) is 3. The van der Waals surface area contributed by atoms with Crippen LogP contribution in [-0.4, -0.2) is 39.7 Å². The second-order valence-electron chi connectivity index (χ2n) is 6.07. The van der Waals surface area contributed by atoms with E-state index in [-0.39, 0.29) is 11.1 Å². The molecule has 0 aromatic carbocycles. The molecule has 126 valence electrons. The Balaban J connectivity index is 2.46. The second kappa shape index (κ2) is 6.99. The van der Waals surface area contributed by atoms with Crippen LogP contribution in [0.25, 0.3) is 0 Å². The van der Waals surface area contributed by atoms with Crippen molar-refractivity contribution in [1.29, 1.82) is 0 Å². The minimum absolute atomic E-state index is 0.176. The summed E-state index contributed by atoms with van der Waals surface area (Å²) in [6, 6.07) is -0.537. The van der Waals surface area contributed by atoms with E-state index in [1.807, 2.05) is 13.8 Å². The summed E-state index contributed by atoms with van der Waals surface area (Å²) in [5.41, 5.74) is -0.124. The van der Waals surface area contributed by atoms with Crippen molar-refractivity contribution in [2.24, 2.45) is 5.41 Å². The van der Waals surface area contributed by atoms with Crippen LogP contribution in [0.5, 0.6) is 0 Å². The quantitative estimate of drug-likeness (QED) is 0.752. The Bertz CT molecular complexity index is 498. The number of aliphatic hydroxyl groups excluding tert-OH is 1. The van der Waals surface area contributed by atoms with Crippen molar-refractivity contribution in [3.8, 4) is 0 Å². The summed E-state index contributed by atoms with van der Waals surface area (Å²) in [7, 11) is 0. The van der Waals surface area contributed by atoms with Crippen LogP contribution in [0.15, 0.2) is 12.4 Å². The van der Waals surface area contributed by atoms with Gasteiger partial charge in [0.1, 0.15) is 6.54 Å². The van der Waals surface area contributed by atoms with E-state index in [1.165, 1.54) is 0 Å². The molecule has 0 saturated carbocycles. The molecule has 9 heteroatoms. The van der Waals surface area contributed by atoms with Gasteiger partial charge in [-0.2, -0.15) is 18.3 Å². The number of urea groups is 1. The molecule has 1 aromatic heterocycles. The number of carbonyl (C=O) groups excluding carboxylic acids is 1. The van der Waals surface area contributed by atoms with E-state index >= 15 is 0 Å². The number of anilines is 1. The van der Waals surface area contributed by atoms with Crippen molar-refractivity contribution in [3.05, 3.63) is 12.4 Å². The Labute approximate surface area is 126 Å². The maximum atomic E-state index is 12.2. The zero-order valence-electron chi connectivity index (χ0n) is 12.7. The highest BCUT2D eigenvalue weighted by Crippen LogP contribution is 2.21. The van der Waals surface area contributed by atoms with Crippen molar-refractivity contribution in [3.63, 3.8) is 0 Å². The molecule has 0 fully saturated rings. The molecule has 0 spiro atoms. The average Bonchev–Trinajstić information content (AvgIpc) is 2.69. The molecule has 1 atom stereocenters. The first-order valence-corrected chi connectivity index (χ1v) is 6.79. The van der Waals surface area contributed by atoms with Gasteiger partial charge in [0.15, 0.2) is 0 Å². The third-order valence-corrected chi connectivity index (χ3v) is 2.81. The van der Waals surface area contributed by atoms with E-state index in [0.717, 1.165) is 12.4 Å². The maximum Gasteiger partial charge on any atom is 0.408 e. The Hall–Kier alpha value is -1.77. The molecule has 1 aromatic rings. The first-order valence-electron chi connectivity index (χ1n) is 6.79. The summed E-state index contributed by atoms with van der Waals surface area (Å²) in [4.78, 5) is 11.7. The van der Waals surface area contributed by atoms with Gasteiger partial charge in [0, 0.05) is 12.7 Å². The van der Waals surface area contributed by atoms with Crippen molar-refractivity contribution in [1.82, 2.24) is 15.1 Å². The minimum atomic E-state index is -4.36. The minimum Gasteiger partial charge on any atom is -0.393 e. The molecule has 0 bridgehead atoms. The van der Waals surface area contributed by atoms with Crippen LogP contribution in [-0.2, 0) is 6.54 Å². The Morgan fingerprint density at radius 2 is 2.09 bits per heavy atom. The molecule has 22 heavy (non-hydrogen) atoms. The van der Waals surface area contributed by atoms with Crippen LogP contribution in [0.1, 0.15) is 27.2 Å². The molecule has 0 radical (unpaired) electrons. The normalized spacial score (nSPS) is 13.8. The third kappa shape index (κ3) is 7.30. The lowest BCUT2D eigenvalue weighted by molar-refractivity contribution is -0.142. The van der Waals surface area contributed by atoms with E-state index in [1.54, 1.807) is 6.92 Å². The summed E-state index contributed by atoms with van der Waals surface area (Å²) in [6.45, 7) is 4.55. The van der Waals surface area contributed by atoms with Gasteiger partial charge in [-0.1, -0.05) is 13.8 Å².